The number of hydrogen-bond acceptors (Lipinski definition) is 4. The van der Waals surface area contributed by atoms with Crippen LogP contribution in [0, 0.1) is 0 Å². The molecule has 6 heteroatoms. The molecule has 0 spiro atoms. The van der Waals surface area contributed by atoms with Crippen LogP contribution in [0.25, 0.3) is 11.0 Å². The van der Waals surface area contributed by atoms with Crippen LogP contribution in [0.5, 0.6) is 0 Å². The number of anilines is 1. The van der Waals surface area contributed by atoms with Gasteiger partial charge in [0.1, 0.15) is 11.3 Å². The Morgan fingerprint density at radius 3 is 2.86 bits per heavy atom. The Morgan fingerprint density at radius 1 is 1.38 bits per heavy atom. The molecule has 0 unspecified atom stereocenters. The van der Waals surface area contributed by atoms with Gasteiger partial charge in [-0.05, 0) is 32.9 Å². The molecule has 0 fully saturated rings. The number of fused-ring (bicyclic) bond motifs is 1. The normalized spacial score (nSPS) is 17.4. The van der Waals surface area contributed by atoms with E-state index in [0.717, 1.165) is 11.0 Å². The van der Waals surface area contributed by atoms with E-state index in [1.54, 1.807) is 13.8 Å². The summed E-state index contributed by atoms with van der Waals surface area (Å²) in [5.74, 6) is 0.778. The number of nitrogens with one attached hydrogen (secondary N) is 1. The predicted octanol–water partition coefficient (Wildman–Crippen LogP) is 2.60. The Kier molecular flexibility index (Phi) is 3.21. The monoisotopic (exact) mass is 284 g/mol. The van der Waals surface area contributed by atoms with Crippen LogP contribution >= 0.6 is 0 Å². The third-order valence-corrected chi connectivity index (χ3v) is 3.31. The number of benzene rings is 1. The summed E-state index contributed by atoms with van der Waals surface area (Å²) in [6, 6.07) is 7.60. The topological polar surface area (TPSA) is 70.6 Å². The van der Waals surface area contributed by atoms with Crippen molar-refractivity contribution in [2.75, 3.05) is 11.6 Å². The first-order chi connectivity index (χ1) is 10.1. The molecule has 3 rings (SSSR count). The van der Waals surface area contributed by atoms with Crippen molar-refractivity contribution in [1.29, 1.82) is 0 Å². The standard InChI is InChI=1S/C15H16N4O2/c1-4-21-10(3)13-9(2)18-19(14(13)20)15-16-11-7-5-6-8-12(11)17-15/h5-8H,4H2,1-3H3,(H,16,17)/b13-10-. The van der Waals surface area contributed by atoms with Crippen molar-refractivity contribution >= 4 is 28.6 Å². The number of allylic oxidation sites excluding steroid dienone is 1. The highest BCUT2D eigenvalue weighted by molar-refractivity contribution is 6.29. The van der Waals surface area contributed by atoms with Gasteiger partial charge in [0.25, 0.3) is 5.91 Å². The molecular weight excluding hydrogens is 268 g/mol. The van der Waals surface area contributed by atoms with Crippen LogP contribution in [0.4, 0.5) is 5.95 Å². The number of amides is 1. The van der Waals surface area contributed by atoms with Crippen molar-refractivity contribution < 1.29 is 9.53 Å². The summed E-state index contributed by atoms with van der Waals surface area (Å²) in [4.78, 5) is 20.0. The summed E-state index contributed by atoms with van der Waals surface area (Å²) in [5, 5.41) is 5.57. The maximum absolute atomic E-state index is 12.5. The second-order valence-corrected chi connectivity index (χ2v) is 4.74. The van der Waals surface area contributed by atoms with Crippen LogP contribution < -0.4 is 5.01 Å². The van der Waals surface area contributed by atoms with Crippen LogP contribution in [-0.2, 0) is 9.53 Å². The number of aromatic amines is 1. The van der Waals surface area contributed by atoms with Crippen molar-refractivity contribution in [3.63, 3.8) is 0 Å². The first-order valence-electron chi connectivity index (χ1n) is 6.80. The van der Waals surface area contributed by atoms with Gasteiger partial charge in [-0.2, -0.15) is 10.1 Å². The number of aromatic nitrogens is 2. The number of nitrogens with zero attached hydrogens (tertiary/aromatic N) is 3. The highest BCUT2D eigenvalue weighted by atomic mass is 16.5. The second-order valence-electron chi connectivity index (χ2n) is 4.74. The molecule has 1 aromatic carbocycles. The number of carbonyl (C=O) groups is 1. The zero-order valence-corrected chi connectivity index (χ0v) is 12.2. The fraction of sp³-hybridized carbons (Fsp3) is 0.267. The molecule has 0 bridgehead atoms. The van der Waals surface area contributed by atoms with Crippen molar-refractivity contribution in [2.45, 2.75) is 20.8 Å². The van der Waals surface area contributed by atoms with Gasteiger partial charge < -0.3 is 9.72 Å². The number of hydrogen-bond donors (Lipinski definition) is 1. The first-order valence-corrected chi connectivity index (χ1v) is 6.80. The molecule has 1 N–H and O–H groups in total. The first kappa shape index (κ1) is 13.4. The molecule has 0 aliphatic carbocycles. The number of H-pyrrole nitrogens is 1. The molecule has 1 aliphatic rings. The minimum absolute atomic E-state index is 0.225. The fourth-order valence-corrected chi connectivity index (χ4v) is 2.38. The summed E-state index contributed by atoms with van der Waals surface area (Å²) in [5.41, 5.74) is 2.79. The van der Waals surface area contributed by atoms with Crippen molar-refractivity contribution in [3.8, 4) is 0 Å². The van der Waals surface area contributed by atoms with Gasteiger partial charge in [0.2, 0.25) is 5.95 Å². The highest BCUT2D eigenvalue weighted by Crippen LogP contribution is 2.25. The Morgan fingerprint density at radius 2 is 2.14 bits per heavy atom. The minimum Gasteiger partial charge on any atom is -0.498 e. The van der Waals surface area contributed by atoms with Gasteiger partial charge in [0, 0.05) is 0 Å². The molecule has 0 saturated heterocycles. The fourth-order valence-electron chi connectivity index (χ4n) is 2.38. The summed E-state index contributed by atoms with van der Waals surface area (Å²) in [6.45, 7) is 5.96. The van der Waals surface area contributed by atoms with Gasteiger partial charge in [-0.3, -0.25) is 4.79 Å². The molecule has 1 aromatic heterocycles. The number of imidazole rings is 1. The van der Waals surface area contributed by atoms with E-state index in [0.29, 0.717) is 29.6 Å². The quantitative estimate of drug-likeness (QED) is 0.695. The number of carbonyl (C=O) groups excluding carboxylic acids is 1. The van der Waals surface area contributed by atoms with Gasteiger partial charge in [-0.15, -0.1) is 0 Å². The molecule has 0 saturated carbocycles. The molecule has 2 aromatic rings. The lowest BCUT2D eigenvalue weighted by molar-refractivity contribution is -0.114. The van der Waals surface area contributed by atoms with E-state index >= 15 is 0 Å². The summed E-state index contributed by atoms with van der Waals surface area (Å²) >= 11 is 0. The van der Waals surface area contributed by atoms with Crippen LogP contribution in [0.3, 0.4) is 0 Å². The van der Waals surface area contributed by atoms with E-state index < -0.39 is 0 Å². The SMILES string of the molecule is CCO/C(C)=C1\C(=O)N(c2nc3ccccc3[nH]2)N=C1C. The second kappa shape index (κ2) is 5.05. The minimum atomic E-state index is -0.225. The third-order valence-electron chi connectivity index (χ3n) is 3.31. The summed E-state index contributed by atoms with van der Waals surface area (Å²) < 4.78 is 5.43. The maximum atomic E-state index is 12.5. The summed E-state index contributed by atoms with van der Waals surface area (Å²) in [7, 11) is 0. The molecule has 1 aliphatic heterocycles. The Labute approximate surface area is 122 Å². The highest BCUT2D eigenvalue weighted by Gasteiger charge is 2.33. The maximum Gasteiger partial charge on any atom is 0.286 e. The predicted molar refractivity (Wildman–Crippen MR) is 81.0 cm³/mol. The average molecular weight is 284 g/mol. The van der Waals surface area contributed by atoms with E-state index in [-0.39, 0.29) is 5.91 Å². The molecule has 108 valence electrons. The van der Waals surface area contributed by atoms with Gasteiger partial charge >= 0.3 is 0 Å². The van der Waals surface area contributed by atoms with Gasteiger partial charge in [-0.1, -0.05) is 12.1 Å². The lowest BCUT2D eigenvalue weighted by atomic mass is 10.1. The summed E-state index contributed by atoms with van der Waals surface area (Å²) in [6.07, 6.45) is 0. The number of hydrazone groups is 1. The molecular formula is C15H16N4O2. The molecule has 0 atom stereocenters. The number of para-hydroxylation sites is 2. The van der Waals surface area contributed by atoms with E-state index in [1.807, 2.05) is 31.2 Å². The number of ether oxygens (including phenoxy) is 1. The molecule has 6 nitrogen and oxygen atoms in total. The molecule has 21 heavy (non-hydrogen) atoms. The van der Waals surface area contributed by atoms with Crippen LogP contribution in [-0.4, -0.2) is 28.2 Å². The largest absolute Gasteiger partial charge is 0.498 e. The molecule has 1 amide bonds. The lowest BCUT2D eigenvalue weighted by Crippen LogP contribution is -2.23. The third kappa shape index (κ3) is 2.18. The van der Waals surface area contributed by atoms with E-state index in [1.165, 1.54) is 5.01 Å². The van der Waals surface area contributed by atoms with E-state index in [4.69, 9.17) is 4.74 Å². The zero-order chi connectivity index (χ0) is 15.0. The van der Waals surface area contributed by atoms with E-state index in [2.05, 4.69) is 15.1 Å². The Bertz CT molecular complexity index is 740. The lowest BCUT2D eigenvalue weighted by Gasteiger charge is -2.09. The van der Waals surface area contributed by atoms with Crippen LogP contribution in [0.15, 0.2) is 40.7 Å². The van der Waals surface area contributed by atoms with Crippen LogP contribution in [0.2, 0.25) is 0 Å². The molecule has 2 heterocycles. The van der Waals surface area contributed by atoms with Gasteiger partial charge in [0.05, 0.1) is 23.4 Å². The molecule has 0 radical (unpaired) electrons. The average Bonchev–Trinajstić information content (AvgIpc) is 3.00. The van der Waals surface area contributed by atoms with Crippen LogP contribution in [0.1, 0.15) is 20.8 Å². The smallest absolute Gasteiger partial charge is 0.286 e. The Balaban J connectivity index is 2.01. The van der Waals surface area contributed by atoms with Crippen molar-refractivity contribution in [1.82, 2.24) is 9.97 Å². The van der Waals surface area contributed by atoms with Gasteiger partial charge in [0.15, 0.2) is 0 Å². The van der Waals surface area contributed by atoms with Crippen molar-refractivity contribution in [3.05, 3.63) is 35.6 Å². The van der Waals surface area contributed by atoms with Crippen molar-refractivity contribution in [2.24, 2.45) is 5.10 Å². The van der Waals surface area contributed by atoms with Gasteiger partial charge in [-0.25, -0.2) is 4.98 Å². The van der Waals surface area contributed by atoms with E-state index in [9.17, 15) is 4.79 Å². The zero-order valence-electron chi connectivity index (χ0n) is 12.2. The Hall–Kier alpha value is -2.63. The number of rotatable bonds is 3.